The smallest absolute Gasteiger partial charge is 0.323 e. The number of aromatic nitrogens is 4. The summed E-state index contributed by atoms with van der Waals surface area (Å²) in [5.41, 5.74) is 5.00. The molecule has 0 aliphatic rings. The Morgan fingerprint density at radius 3 is 2.55 bits per heavy atom. The Bertz CT molecular complexity index is 1460. The van der Waals surface area contributed by atoms with Crippen molar-refractivity contribution in [2.75, 3.05) is 0 Å². The van der Waals surface area contributed by atoms with Crippen LogP contribution in [0.25, 0.3) is 44.2 Å². The molecule has 0 saturated carbocycles. The number of hydrogen-bond donors (Lipinski definition) is 2. The molecule has 3 heterocycles. The third-order valence-corrected chi connectivity index (χ3v) is 5.31. The number of hydrogen-bond acceptors (Lipinski definition) is 4. The van der Waals surface area contributed by atoms with Gasteiger partial charge in [-0.1, -0.05) is 17.3 Å². The van der Waals surface area contributed by atoms with Crippen LogP contribution in [0, 0.1) is 26.6 Å². The zero-order valence-corrected chi connectivity index (χ0v) is 16.1. The zero-order chi connectivity index (χ0) is 20.3. The van der Waals surface area contributed by atoms with Crippen molar-refractivity contribution in [1.82, 2.24) is 20.1 Å². The summed E-state index contributed by atoms with van der Waals surface area (Å²) in [6.07, 6.45) is 1.73. The number of pyridine rings is 1. The monoisotopic (exact) mass is 388 g/mol. The quantitative estimate of drug-likeness (QED) is 0.455. The van der Waals surface area contributed by atoms with Gasteiger partial charge in [-0.05, 0) is 50.1 Å². The second-order valence-corrected chi connectivity index (χ2v) is 7.14. The van der Waals surface area contributed by atoms with E-state index in [-0.39, 0.29) is 5.52 Å². The van der Waals surface area contributed by atoms with Crippen LogP contribution in [-0.2, 0) is 0 Å². The number of benzene rings is 2. The first-order valence-corrected chi connectivity index (χ1v) is 9.18. The summed E-state index contributed by atoms with van der Waals surface area (Å²) in [6.45, 7) is 5.49. The number of imidazole rings is 1. The molecule has 0 spiro atoms. The second-order valence-electron chi connectivity index (χ2n) is 7.14. The molecule has 0 atom stereocenters. The van der Waals surface area contributed by atoms with Crippen LogP contribution in [0.3, 0.4) is 0 Å². The zero-order valence-electron chi connectivity index (χ0n) is 16.1. The number of nitrogens with one attached hydrogen (secondary N) is 2. The molecule has 3 aromatic heterocycles. The maximum Gasteiger partial charge on any atom is 0.323 e. The third-order valence-electron chi connectivity index (χ3n) is 5.31. The van der Waals surface area contributed by atoms with Gasteiger partial charge in [0, 0.05) is 22.7 Å². The predicted octanol–water partition coefficient (Wildman–Crippen LogP) is 4.79. The highest BCUT2D eigenvalue weighted by atomic mass is 19.1. The molecule has 0 unspecified atom stereocenters. The SMILES string of the molecule is Cc1ccc2ncccc2c1-c1cc(-c2c(C)noc2C)c(F)c2[nH]c(=O)[nH]c12. The van der Waals surface area contributed by atoms with Crippen molar-refractivity contribution < 1.29 is 8.91 Å². The van der Waals surface area contributed by atoms with Crippen LogP contribution in [0.15, 0.2) is 45.8 Å². The Morgan fingerprint density at radius 2 is 1.79 bits per heavy atom. The molecule has 2 aromatic carbocycles. The highest BCUT2D eigenvalue weighted by Crippen LogP contribution is 2.40. The number of fused-ring (bicyclic) bond motifs is 2. The Morgan fingerprint density at radius 1 is 1.00 bits per heavy atom. The van der Waals surface area contributed by atoms with E-state index >= 15 is 4.39 Å². The van der Waals surface area contributed by atoms with Gasteiger partial charge < -0.3 is 14.5 Å². The third kappa shape index (κ3) is 2.51. The lowest BCUT2D eigenvalue weighted by Gasteiger charge is -2.14. The van der Waals surface area contributed by atoms with Gasteiger partial charge in [0.1, 0.15) is 11.3 Å². The van der Waals surface area contributed by atoms with Gasteiger partial charge in [-0.25, -0.2) is 9.18 Å². The molecule has 0 aliphatic carbocycles. The molecule has 5 rings (SSSR count). The summed E-state index contributed by atoms with van der Waals surface area (Å²) in [6, 6.07) is 9.51. The number of nitrogens with zero attached hydrogens (tertiary/aromatic N) is 2. The summed E-state index contributed by atoms with van der Waals surface area (Å²) in [5.74, 6) is -0.00611. The molecule has 0 amide bonds. The molecule has 0 saturated heterocycles. The van der Waals surface area contributed by atoms with Crippen LogP contribution >= 0.6 is 0 Å². The van der Waals surface area contributed by atoms with E-state index in [9.17, 15) is 4.79 Å². The number of aromatic amines is 2. The number of H-pyrrole nitrogens is 2. The van der Waals surface area contributed by atoms with Crippen molar-refractivity contribution in [3.8, 4) is 22.3 Å². The first kappa shape index (κ1) is 17.4. The lowest BCUT2D eigenvalue weighted by molar-refractivity contribution is 0.393. The second kappa shape index (κ2) is 6.13. The minimum Gasteiger partial charge on any atom is -0.361 e. The van der Waals surface area contributed by atoms with Crippen molar-refractivity contribution in [2.45, 2.75) is 20.8 Å². The molecule has 0 fully saturated rings. The molecular formula is C22H17FN4O2. The van der Waals surface area contributed by atoms with Crippen molar-refractivity contribution >= 4 is 21.9 Å². The first-order chi connectivity index (χ1) is 14.0. The highest BCUT2D eigenvalue weighted by Gasteiger charge is 2.23. The molecule has 0 radical (unpaired) electrons. The first-order valence-electron chi connectivity index (χ1n) is 9.18. The molecule has 0 aliphatic heterocycles. The summed E-state index contributed by atoms with van der Waals surface area (Å²) in [7, 11) is 0. The average molecular weight is 388 g/mol. The van der Waals surface area contributed by atoms with Crippen LogP contribution in [-0.4, -0.2) is 20.1 Å². The fourth-order valence-electron chi connectivity index (χ4n) is 4.03. The van der Waals surface area contributed by atoms with Crippen molar-refractivity contribution in [1.29, 1.82) is 0 Å². The van der Waals surface area contributed by atoms with Crippen LogP contribution < -0.4 is 5.69 Å². The lowest BCUT2D eigenvalue weighted by atomic mass is 9.91. The summed E-state index contributed by atoms with van der Waals surface area (Å²) in [5, 5.41) is 4.88. The van der Waals surface area contributed by atoms with Gasteiger partial charge in [-0.15, -0.1) is 0 Å². The van der Waals surface area contributed by atoms with E-state index in [0.717, 1.165) is 22.0 Å². The Hall–Kier alpha value is -3.74. The van der Waals surface area contributed by atoms with Gasteiger partial charge in [-0.2, -0.15) is 0 Å². The average Bonchev–Trinajstić information content (AvgIpc) is 3.25. The number of aryl methyl sites for hydroxylation is 3. The largest absolute Gasteiger partial charge is 0.361 e. The Labute approximate surface area is 164 Å². The van der Waals surface area contributed by atoms with Crippen LogP contribution in [0.5, 0.6) is 0 Å². The molecule has 6 nitrogen and oxygen atoms in total. The number of halogens is 1. The van der Waals surface area contributed by atoms with Gasteiger partial charge in [0.15, 0.2) is 5.82 Å². The maximum absolute atomic E-state index is 15.4. The highest BCUT2D eigenvalue weighted by molar-refractivity contribution is 6.05. The maximum atomic E-state index is 15.4. The lowest BCUT2D eigenvalue weighted by Crippen LogP contribution is -1.99. The molecule has 7 heteroatoms. The topological polar surface area (TPSA) is 87.6 Å². The van der Waals surface area contributed by atoms with E-state index in [1.165, 1.54) is 0 Å². The van der Waals surface area contributed by atoms with Gasteiger partial charge in [0.25, 0.3) is 0 Å². The minimum absolute atomic E-state index is 0.128. The van der Waals surface area contributed by atoms with Crippen molar-refractivity contribution in [3.05, 3.63) is 69.8 Å². The normalized spacial score (nSPS) is 11.6. The Balaban J connectivity index is 1.97. The molecule has 0 bridgehead atoms. The van der Waals surface area contributed by atoms with Crippen molar-refractivity contribution in [3.63, 3.8) is 0 Å². The van der Waals surface area contributed by atoms with E-state index in [1.54, 1.807) is 26.1 Å². The summed E-state index contributed by atoms with van der Waals surface area (Å²) >= 11 is 0. The van der Waals surface area contributed by atoms with E-state index in [4.69, 9.17) is 4.52 Å². The summed E-state index contributed by atoms with van der Waals surface area (Å²) < 4.78 is 20.7. The summed E-state index contributed by atoms with van der Waals surface area (Å²) in [4.78, 5) is 21.9. The standard InChI is InChI=1S/C22H17FN4O2/c1-10-6-7-16-13(5-4-8-24-16)17(10)15-9-14(18-11(2)27-29-12(18)3)19(23)21-20(15)25-22(28)26-21/h4-9H,1-3H3,(H2,25,26,28). The van der Waals surface area contributed by atoms with Crippen LogP contribution in [0.1, 0.15) is 17.0 Å². The number of rotatable bonds is 2. The predicted molar refractivity (Wildman–Crippen MR) is 109 cm³/mol. The fraction of sp³-hybridized carbons (Fsp3) is 0.136. The van der Waals surface area contributed by atoms with Crippen LogP contribution in [0.2, 0.25) is 0 Å². The molecule has 2 N–H and O–H groups in total. The molecule has 29 heavy (non-hydrogen) atoms. The van der Waals surface area contributed by atoms with E-state index in [1.807, 2.05) is 31.2 Å². The van der Waals surface area contributed by atoms with Gasteiger partial charge in [-0.3, -0.25) is 4.98 Å². The van der Waals surface area contributed by atoms with Gasteiger partial charge in [0.2, 0.25) is 0 Å². The van der Waals surface area contributed by atoms with Crippen molar-refractivity contribution in [2.24, 2.45) is 0 Å². The molecule has 5 aromatic rings. The molecular weight excluding hydrogens is 371 g/mol. The van der Waals surface area contributed by atoms with Crippen LogP contribution in [0.4, 0.5) is 4.39 Å². The van der Waals surface area contributed by atoms with E-state index < -0.39 is 11.5 Å². The van der Waals surface area contributed by atoms with Gasteiger partial charge >= 0.3 is 5.69 Å². The Kier molecular flexibility index (Phi) is 3.67. The van der Waals surface area contributed by atoms with E-state index in [0.29, 0.717) is 33.7 Å². The van der Waals surface area contributed by atoms with Gasteiger partial charge in [0.05, 0.1) is 22.3 Å². The fourth-order valence-corrected chi connectivity index (χ4v) is 4.03. The van der Waals surface area contributed by atoms with E-state index in [2.05, 4.69) is 20.1 Å². The minimum atomic E-state index is -0.521. The molecule has 144 valence electrons.